The molecule has 3 heteroatoms. The van der Waals surface area contributed by atoms with Crippen molar-refractivity contribution in [2.24, 2.45) is 5.92 Å². The maximum absolute atomic E-state index is 13.0. The van der Waals surface area contributed by atoms with Crippen LogP contribution in [0.5, 0.6) is 0 Å². The molecule has 0 aromatic heterocycles. The molecule has 0 heterocycles. The summed E-state index contributed by atoms with van der Waals surface area (Å²) in [6, 6.07) is 9.99. The van der Waals surface area contributed by atoms with Gasteiger partial charge in [-0.05, 0) is 32.3 Å². The number of aliphatic hydroxyl groups excluding tert-OH is 1. The zero-order valence-corrected chi connectivity index (χ0v) is 13.4. The second kappa shape index (κ2) is 6.61. The number of benzene rings is 1. The SMILES string of the molecule is CCC[C@H](O)[C@@H]1C[C@@]1(C(=O)N(CC)CC)c1ccccc1. The molecule has 3 atom stereocenters. The molecule has 2 rings (SSSR count). The molecule has 1 aromatic carbocycles. The fraction of sp³-hybridized carbons (Fsp3) is 0.611. The Bertz CT molecular complexity index is 469. The van der Waals surface area contributed by atoms with Gasteiger partial charge in [-0.3, -0.25) is 4.79 Å². The molecule has 0 radical (unpaired) electrons. The lowest BCUT2D eigenvalue weighted by atomic mass is 9.89. The fourth-order valence-electron chi connectivity index (χ4n) is 3.48. The number of likely N-dealkylation sites (N-methyl/N-ethyl adjacent to an activating group) is 1. The Labute approximate surface area is 128 Å². The summed E-state index contributed by atoms with van der Waals surface area (Å²) in [5, 5.41) is 10.4. The van der Waals surface area contributed by atoms with Crippen LogP contribution in [0.15, 0.2) is 30.3 Å². The van der Waals surface area contributed by atoms with Gasteiger partial charge in [0.15, 0.2) is 0 Å². The minimum atomic E-state index is -0.498. The van der Waals surface area contributed by atoms with E-state index in [-0.39, 0.29) is 17.9 Å². The van der Waals surface area contributed by atoms with Crippen molar-refractivity contribution in [2.75, 3.05) is 13.1 Å². The van der Waals surface area contributed by atoms with Gasteiger partial charge in [-0.1, -0.05) is 43.7 Å². The van der Waals surface area contributed by atoms with Crippen LogP contribution in [0.25, 0.3) is 0 Å². The maximum atomic E-state index is 13.0. The molecule has 0 bridgehead atoms. The Morgan fingerprint density at radius 1 is 1.29 bits per heavy atom. The Balaban J connectivity index is 2.32. The van der Waals surface area contributed by atoms with Gasteiger partial charge in [0.2, 0.25) is 5.91 Å². The summed E-state index contributed by atoms with van der Waals surface area (Å²) in [6.45, 7) is 7.54. The highest BCUT2D eigenvalue weighted by molar-refractivity contribution is 5.92. The van der Waals surface area contributed by atoms with Crippen molar-refractivity contribution >= 4 is 5.91 Å². The minimum absolute atomic E-state index is 0.0629. The van der Waals surface area contributed by atoms with Gasteiger partial charge in [-0.15, -0.1) is 0 Å². The second-order valence-corrected chi connectivity index (χ2v) is 5.98. The Morgan fingerprint density at radius 3 is 2.43 bits per heavy atom. The number of hydrogen-bond donors (Lipinski definition) is 1. The Kier molecular flexibility index (Phi) is 5.04. The molecule has 1 saturated carbocycles. The monoisotopic (exact) mass is 289 g/mol. The quantitative estimate of drug-likeness (QED) is 0.838. The van der Waals surface area contributed by atoms with Crippen molar-refractivity contribution in [1.29, 1.82) is 0 Å². The molecule has 21 heavy (non-hydrogen) atoms. The normalized spacial score (nSPS) is 25.4. The van der Waals surface area contributed by atoms with Crippen molar-refractivity contribution in [3.05, 3.63) is 35.9 Å². The van der Waals surface area contributed by atoms with Gasteiger partial charge in [0.25, 0.3) is 0 Å². The summed E-state index contributed by atoms with van der Waals surface area (Å²) in [5.41, 5.74) is 0.559. The zero-order chi connectivity index (χ0) is 15.5. The predicted molar refractivity (Wildman–Crippen MR) is 85.1 cm³/mol. The predicted octanol–water partition coefficient (Wildman–Crippen LogP) is 2.97. The topological polar surface area (TPSA) is 40.5 Å². The molecule has 116 valence electrons. The second-order valence-electron chi connectivity index (χ2n) is 5.98. The van der Waals surface area contributed by atoms with Gasteiger partial charge in [0.05, 0.1) is 11.5 Å². The van der Waals surface area contributed by atoms with E-state index in [2.05, 4.69) is 6.92 Å². The van der Waals surface area contributed by atoms with Crippen molar-refractivity contribution in [3.63, 3.8) is 0 Å². The minimum Gasteiger partial charge on any atom is -0.393 e. The molecule has 0 unspecified atom stereocenters. The van der Waals surface area contributed by atoms with E-state index in [1.54, 1.807) is 0 Å². The first kappa shape index (κ1) is 16.0. The number of nitrogens with zero attached hydrogens (tertiary/aromatic N) is 1. The molecule has 0 aliphatic heterocycles. The van der Waals surface area contributed by atoms with Crippen molar-refractivity contribution < 1.29 is 9.90 Å². The first-order valence-electron chi connectivity index (χ1n) is 8.14. The van der Waals surface area contributed by atoms with Gasteiger partial charge in [-0.2, -0.15) is 0 Å². The van der Waals surface area contributed by atoms with Crippen LogP contribution in [-0.2, 0) is 10.2 Å². The van der Waals surface area contributed by atoms with Crippen LogP contribution >= 0.6 is 0 Å². The molecule has 3 nitrogen and oxygen atoms in total. The molecule has 0 saturated heterocycles. The number of amides is 1. The molecule has 1 aliphatic rings. The van der Waals surface area contributed by atoms with Crippen LogP contribution in [0.2, 0.25) is 0 Å². The van der Waals surface area contributed by atoms with E-state index in [1.165, 1.54) is 0 Å². The molecular formula is C18H27NO2. The van der Waals surface area contributed by atoms with Crippen LogP contribution in [0.3, 0.4) is 0 Å². The molecule has 1 amide bonds. The number of rotatable bonds is 7. The lowest BCUT2D eigenvalue weighted by molar-refractivity contribution is -0.134. The average Bonchev–Trinajstić information content (AvgIpc) is 3.26. The number of carbonyl (C=O) groups is 1. The van der Waals surface area contributed by atoms with Crippen LogP contribution in [0.1, 0.15) is 45.6 Å². The Hall–Kier alpha value is -1.35. The number of aliphatic hydroxyl groups is 1. The third-order valence-corrected chi connectivity index (χ3v) is 4.78. The van der Waals surface area contributed by atoms with E-state index in [1.807, 2.05) is 49.1 Å². The Morgan fingerprint density at radius 2 is 1.90 bits per heavy atom. The number of carbonyl (C=O) groups excluding carboxylic acids is 1. The zero-order valence-electron chi connectivity index (χ0n) is 13.4. The lowest BCUT2D eigenvalue weighted by Gasteiger charge is -2.27. The number of hydrogen-bond acceptors (Lipinski definition) is 2. The fourth-order valence-corrected chi connectivity index (χ4v) is 3.48. The van der Waals surface area contributed by atoms with Crippen molar-refractivity contribution in [1.82, 2.24) is 4.90 Å². The van der Waals surface area contributed by atoms with Crippen LogP contribution in [0, 0.1) is 5.92 Å². The first-order chi connectivity index (χ1) is 10.1. The van der Waals surface area contributed by atoms with E-state index >= 15 is 0 Å². The van der Waals surface area contributed by atoms with Gasteiger partial charge in [-0.25, -0.2) is 0 Å². The van der Waals surface area contributed by atoms with E-state index in [0.717, 1.165) is 37.9 Å². The summed E-state index contributed by atoms with van der Waals surface area (Å²) < 4.78 is 0. The molecule has 1 aromatic rings. The molecule has 1 N–H and O–H groups in total. The van der Waals surface area contributed by atoms with E-state index in [9.17, 15) is 9.90 Å². The summed E-state index contributed by atoms with van der Waals surface area (Å²) in [4.78, 5) is 14.9. The van der Waals surface area contributed by atoms with Crippen LogP contribution in [-0.4, -0.2) is 35.1 Å². The van der Waals surface area contributed by atoms with Crippen LogP contribution in [0.4, 0.5) is 0 Å². The van der Waals surface area contributed by atoms with E-state index in [4.69, 9.17) is 0 Å². The van der Waals surface area contributed by atoms with Gasteiger partial charge < -0.3 is 10.0 Å². The van der Waals surface area contributed by atoms with E-state index < -0.39 is 5.41 Å². The van der Waals surface area contributed by atoms with Gasteiger partial charge in [0, 0.05) is 19.0 Å². The van der Waals surface area contributed by atoms with E-state index in [0.29, 0.717) is 0 Å². The highest BCUT2D eigenvalue weighted by atomic mass is 16.3. The standard InChI is InChI=1S/C18H27NO2/c1-4-10-16(20)15-13-18(15,14-11-8-7-9-12-14)17(21)19(5-2)6-3/h7-9,11-12,15-16,20H,4-6,10,13H2,1-3H3/t15-,16-,18+/m0/s1. The molecule has 1 aliphatic carbocycles. The highest BCUT2D eigenvalue weighted by Crippen LogP contribution is 2.57. The van der Waals surface area contributed by atoms with Gasteiger partial charge >= 0.3 is 0 Å². The van der Waals surface area contributed by atoms with Crippen molar-refractivity contribution in [2.45, 2.75) is 51.6 Å². The smallest absolute Gasteiger partial charge is 0.233 e. The summed E-state index contributed by atoms with van der Waals surface area (Å²) >= 11 is 0. The summed E-state index contributed by atoms with van der Waals surface area (Å²) in [6.07, 6.45) is 2.11. The first-order valence-corrected chi connectivity index (χ1v) is 8.14. The third kappa shape index (κ3) is 2.84. The molecule has 1 fully saturated rings. The highest BCUT2D eigenvalue weighted by Gasteiger charge is 2.64. The molecule has 0 spiro atoms. The maximum Gasteiger partial charge on any atom is 0.233 e. The van der Waals surface area contributed by atoms with Crippen LogP contribution < -0.4 is 0 Å². The van der Waals surface area contributed by atoms with Crippen molar-refractivity contribution in [3.8, 4) is 0 Å². The average molecular weight is 289 g/mol. The summed E-state index contributed by atoms with van der Waals surface area (Å²) in [5.74, 6) is 0.242. The lowest BCUT2D eigenvalue weighted by Crippen LogP contribution is -2.41. The van der Waals surface area contributed by atoms with Gasteiger partial charge in [0.1, 0.15) is 0 Å². The largest absolute Gasteiger partial charge is 0.393 e. The molecular weight excluding hydrogens is 262 g/mol. The summed E-state index contributed by atoms with van der Waals surface area (Å²) in [7, 11) is 0. The third-order valence-electron chi connectivity index (χ3n) is 4.78.